The molecule has 0 aliphatic carbocycles. The maximum absolute atomic E-state index is 11.7. The second-order valence-corrected chi connectivity index (χ2v) is 4.34. The minimum absolute atomic E-state index is 0.0434. The number of rotatable bonds is 9. The number of nitrogens with zero attached hydrogens (tertiary/aromatic N) is 1. The van der Waals surface area contributed by atoms with E-state index in [2.05, 4.69) is 12.2 Å². The molecule has 116 valence electrons. The predicted molar refractivity (Wildman–Crippen MR) is 74.8 cm³/mol. The Morgan fingerprint density at radius 2 is 1.85 bits per heavy atom. The minimum Gasteiger partial charge on any atom is -0.381 e. The van der Waals surface area contributed by atoms with Crippen LogP contribution in [0.25, 0.3) is 0 Å². The molecule has 0 heterocycles. The summed E-state index contributed by atoms with van der Waals surface area (Å²) in [7, 11) is 0. The molecule has 0 aromatic heterocycles. The molecule has 0 atom stereocenters. The molecular formula is C13H25N3O4. The molecule has 3 amide bonds. The maximum Gasteiger partial charge on any atom is 0.318 e. The first-order chi connectivity index (χ1) is 9.54. The van der Waals surface area contributed by atoms with Crippen molar-refractivity contribution in [3.8, 4) is 0 Å². The Bertz CT molecular complexity index is 321. The van der Waals surface area contributed by atoms with Crippen molar-refractivity contribution in [2.24, 2.45) is 5.73 Å². The van der Waals surface area contributed by atoms with Gasteiger partial charge in [0.15, 0.2) is 0 Å². The molecule has 7 heteroatoms. The molecule has 0 bridgehead atoms. The summed E-state index contributed by atoms with van der Waals surface area (Å²) in [6.07, 6.45) is 2.71. The van der Waals surface area contributed by atoms with E-state index in [9.17, 15) is 14.4 Å². The van der Waals surface area contributed by atoms with Gasteiger partial charge in [-0.3, -0.25) is 19.3 Å². The molecule has 0 rings (SSSR count). The quantitative estimate of drug-likeness (QED) is 0.445. The summed E-state index contributed by atoms with van der Waals surface area (Å²) in [4.78, 5) is 35.3. The first kappa shape index (κ1) is 18.5. The van der Waals surface area contributed by atoms with Gasteiger partial charge in [0.25, 0.3) is 0 Å². The Hall–Kier alpha value is -1.47. The third-order valence-electron chi connectivity index (χ3n) is 2.57. The molecule has 0 aliphatic heterocycles. The fraction of sp³-hybridized carbons (Fsp3) is 0.769. The Morgan fingerprint density at radius 3 is 2.40 bits per heavy atom. The zero-order chi connectivity index (χ0) is 15.4. The van der Waals surface area contributed by atoms with Crippen molar-refractivity contribution in [2.75, 3.05) is 32.8 Å². The molecule has 0 unspecified atom stereocenters. The van der Waals surface area contributed by atoms with Crippen LogP contribution in [-0.2, 0) is 19.1 Å². The van der Waals surface area contributed by atoms with E-state index < -0.39 is 17.7 Å². The predicted octanol–water partition coefficient (Wildman–Crippen LogP) is -0.357. The highest BCUT2D eigenvalue weighted by molar-refractivity contribution is 6.37. The van der Waals surface area contributed by atoms with Crippen LogP contribution in [0.1, 0.15) is 33.1 Å². The van der Waals surface area contributed by atoms with Crippen molar-refractivity contribution in [3.05, 3.63) is 0 Å². The van der Waals surface area contributed by atoms with Gasteiger partial charge in [0.1, 0.15) is 0 Å². The van der Waals surface area contributed by atoms with Crippen LogP contribution in [-0.4, -0.2) is 55.5 Å². The summed E-state index contributed by atoms with van der Waals surface area (Å²) in [5.41, 5.74) is 5.29. The third kappa shape index (κ3) is 7.85. The Morgan fingerprint density at radius 1 is 1.20 bits per heavy atom. The van der Waals surface area contributed by atoms with E-state index in [1.54, 1.807) is 0 Å². The second kappa shape index (κ2) is 11.4. The summed E-state index contributed by atoms with van der Waals surface area (Å²) in [5, 5.41) is 2.46. The van der Waals surface area contributed by atoms with Gasteiger partial charge in [0.05, 0.1) is 0 Å². The zero-order valence-electron chi connectivity index (χ0n) is 12.3. The van der Waals surface area contributed by atoms with E-state index in [0.717, 1.165) is 17.7 Å². The lowest BCUT2D eigenvalue weighted by Gasteiger charge is -2.17. The first-order valence-corrected chi connectivity index (χ1v) is 6.92. The lowest BCUT2D eigenvalue weighted by Crippen LogP contribution is -2.47. The van der Waals surface area contributed by atoms with E-state index in [0.29, 0.717) is 26.2 Å². The van der Waals surface area contributed by atoms with E-state index in [1.807, 2.05) is 0 Å². The van der Waals surface area contributed by atoms with Gasteiger partial charge in [0, 0.05) is 39.8 Å². The average molecular weight is 287 g/mol. The fourth-order valence-electron chi connectivity index (χ4n) is 1.45. The highest BCUT2D eigenvalue weighted by atomic mass is 16.5. The SMILES string of the molecule is CCCCOCCCNC(=O)C(=O)N(CCN)C(C)=O. The fourth-order valence-corrected chi connectivity index (χ4v) is 1.45. The Kier molecular flexibility index (Phi) is 10.5. The second-order valence-electron chi connectivity index (χ2n) is 4.34. The number of carbonyl (C=O) groups is 3. The monoisotopic (exact) mass is 287 g/mol. The van der Waals surface area contributed by atoms with Crippen LogP contribution in [0.5, 0.6) is 0 Å². The number of ether oxygens (including phenoxy) is 1. The van der Waals surface area contributed by atoms with Crippen molar-refractivity contribution in [3.63, 3.8) is 0 Å². The number of carbonyl (C=O) groups excluding carboxylic acids is 3. The first-order valence-electron chi connectivity index (χ1n) is 6.92. The molecule has 0 aliphatic rings. The van der Waals surface area contributed by atoms with E-state index in [4.69, 9.17) is 10.5 Å². The maximum atomic E-state index is 11.7. The summed E-state index contributed by atoms with van der Waals surface area (Å²) in [6, 6.07) is 0. The molecule has 0 aromatic rings. The molecule has 0 saturated carbocycles. The van der Waals surface area contributed by atoms with Crippen LogP contribution in [0.4, 0.5) is 0 Å². The van der Waals surface area contributed by atoms with Crippen molar-refractivity contribution in [2.45, 2.75) is 33.1 Å². The number of amides is 3. The van der Waals surface area contributed by atoms with Crippen LogP contribution in [0.3, 0.4) is 0 Å². The number of hydrogen-bond acceptors (Lipinski definition) is 5. The number of nitrogens with two attached hydrogens (primary N) is 1. The molecule has 7 nitrogen and oxygen atoms in total. The van der Waals surface area contributed by atoms with Crippen LogP contribution in [0.2, 0.25) is 0 Å². The van der Waals surface area contributed by atoms with Gasteiger partial charge >= 0.3 is 11.8 Å². The lowest BCUT2D eigenvalue weighted by atomic mass is 10.3. The van der Waals surface area contributed by atoms with Gasteiger partial charge in [-0.15, -0.1) is 0 Å². The Labute approximate surface area is 119 Å². The van der Waals surface area contributed by atoms with E-state index >= 15 is 0 Å². The highest BCUT2D eigenvalue weighted by Crippen LogP contribution is 1.92. The molecule has 0 aromatic carbocycles. The number of unbranched alkanes of at least 4 members (excludes halogenated alkanes) is 1. The van der Waals surface area contributed by atoms with Crippen molar-refractivity contribution >= 4 is 17.7 Å². The lowest BCUT2D eigenvalue weighted by molar-refractivity contribution is -0.151. The minimum atomic E-state index is -0.866. The van der Waals surface area contributed by atoms with Crippen molar-refractivity contribution in [1.29, 1.82) is 0 Å². The van der Waals surface area contributed by atoms with E-state index in [1.165, 1.54) is 6.92 Å². The summed E-state index contributed by atoms with van der Waals surface area (Å²) in [5.74, 6) is -2.14. The topological polar surface area (TPSA) is 102 Å². The molecule has 0 saturated heterocycles. The van der Waals surface area contributed by atoms with Crippen LogP contribution < -0.4 is 11.1 Å². The van der Waals surface area contributed by atoms with Gasteiger partial charge in [-0.25, -0.2) is 0 Å². The number of hydrogen-bond donors (Lipinski definition) is 2. The Balaban J connectivity index is 3.90. The molecule has 3 N–H and O–H groups in total. The summed E-state index contributed by atoms with van der Waals surface area (Å²) < 4.78 is 5.32. The molecular weight excluding hydrogens is 262 g/mol. The van der Waals surface area contributed by atoms with E-state index in [-0.39, 0.29) is 13.1 Å². The van der Waals surface area contributed by atoms with Crippen LogP contribution in [0.15, 0.2) is 0 Å². The van der Waals surface area contributed by atoms with Gasteiger partial charge in [0.2, 0.25) is 5.91 Å². The van der Waals surface area contributed by atoms with Gasteiger partial charge in [-0.05, 0) is 12.8 Å². The van der Waals surface area contributed by atoms with Gasteiger partial charge in [-0.1, -0.05) is 13.3 Å². The van der Waals surface area contributed by atoms with Gasteiger partial charge < -0.3 is 15.8 Å². The third-order valence-corrected chi connectivity index (χ3v) is 2.57. The van der Waals surface area contributed by atoms with Crippen LogP contribution in [0, 0.1) is 0 Å². The molecule has 0 radical (unpaired) electrons. The number of nitrogens with one attached hydrogen (secondary N) is 1. The van der Waals surface area contributed by atoms with Crippen molar-refractivity contribution < 1.29 is 19.1 Å². The van der Waals surface area contributed by atoms with Gasteiger partial charge in [-0.2, -0.15) is 0 Å². The highest BCUT2D eigenvalue weighted by Gasteiger charge is 2.23. The largest absolute Gasteiger partial charge is 0.381 e. The zero-order valence-corrected chi connectivity index (χ0v) is 12.3. The molecule has 0 spiro atoms. The van der Waals surface area contributed by atoms with Crippen LogP contribution >= 0.6 is 0 Å². The normalized spacial score (nSPS) is 10.2. The molecule has 0 fully saturated rings. The standard InChI is InChI=1S/C13H25N3O4/c1-3-4-9-20-10-5-7-15-12(18)13(19)16(8-6-14)11(2)17/h3-10,14H2,1-2H3,(H,15,18). The summed E-state index contributed by atoms with van der Waals surface area (Å²) >= 11 is 0. The number of imide groups is 1. The smallest absolute Gasteiger partial charge is 0.318 e. The average Bonchev–Trinajstić information content (AvgIpc) is 2.42. The van der Waals surface area contributed by atoms with Crippen molar-refractivity contribution in [1.82, 2.24) is 10.2 Å². The molecule has 20 heavy (non-hydrogen) atoms. The summed E-state index contributed by atoms with van der Waals surface area (Å²) in [6.45, 7) is 5.06.